The lowest BCUT2D eigenvalue weighted by molar-refractivity contribution is -0.137. The van der Waals surface area contributed by atoms with E-state index in [0.717, 1.165) is 12.1 Å². The lowest BCUT2D eigenvalue weighted by Gasteiger charge is -2.28. The summed E-state index contributed by atoms with van der Waals surface area (Å²) in [5.74, 6) is 0. The Kier molecular flexibility index (Phi) is 4.37. The van der Waals surface area contributed by atoms with Crippen LogP contribution in [0.15, 0.2) is 18.2 Å². The first-order valence-electron chi connectivity index (χ1n) is 6.83. The van der Waals surface area contributed by atoms with Crippen molar-refractivity contribution in [3.63, 3.8) is 0 Å². The Labute approximate surface area is 126 Å². The fourth-order valence-electron chi connectivity index (χ4n) is 2.17. The Hall–Kier alpha value is -1.76. The Bertz CT molecular complexity index is 564. The topological polar surface area (TPSA) is 47.6 Å². The number of carbonyl (C=O) groups is 1. The zero-order valence-corrected chi connectivity index (χ0v) is 12.6. The fraction of sp³-hybridized carbons (Fsp3) is 0.533. The van der Waals surface area contributed by atoms with Gasteiger partial charge in [-0.15, -0.1) is 0 Å². The van der Waals surface area contributed by atoms with Crippen LogP contribution in [-0.2, 0) is 22.3 Å². The molecule has 122 valence electrons. The van der Waals surface area contributed by atoms with E-state index in [-0.39, 0.29) is 13.2 Å². The van der Waals surface area contributed by atoms with Gasteiger partial charge < -0.3 is 14.8 Å². The normalized spacial score (nSPS) is 18.5. The predicted octanol–water partition coefficient (Wildman–Crippen LogP) is 3.80. The molecular weight excluding hydrogens is 299 g/mol. The van der Waals surface area contributed by atoms with Crippen molar-refractivity contribution in [2.45, 2.75) is 45.2 Å². The molecule has 1 atom stereocenters. The minimum atomic E-state index is -4.43. The summed E-state index contributed by atoms with van der Waals surface area (Å²) in [6, 6.07) is 2.78. The van der Waals surface area contributed by atoms with Gasteiger partial charge in [0.2, 0.25) is 0 Å². The molecule has 7 heteroatoms. The van der Waals surface area contributed by atoms with E-state index in [1.165, 1.54) is 6.07 Å². The Morgan fingerprint density at radius 3 is 2.59 bits per heavy atom. The molecule has 1 aromatic carbocycles. The molecule has 0 saturated carbocycles. The Balaban J connectivity index is 2.22. The minimum absolute atomic E-state index is 0.105. The number of nitrogens with one attached hydrogen (secondary N) is 1. The maximum Gasteiger partial charge on any atom is 0.416 e. The van der Waals surface area contributed by atoms with Crippen LogP contribution >= 0.6 is 0 Å². The third-order valence-electron chi connectivity index (χ3n) is 3.08. The maximum atomic E-state index is 12.8. The summed E-state index contributed by atoms with van der Waals surface area (Å²) < 4.78 is 48.9. The molecule has 0 aromatic heterocycles. The quantitative estimate of drug-likeness (QED) is 0.857. The number of fused-ring (bicyclic) bond motifs is 1. The molecule has 1 aliphatic rings. The third-order valence-corrected chi connectivity index (χ3v) is 3.08. The summed E-state index contributed by atoms with van der Waals surface area (Å²) >= 11 is 0. The second-order valence-corrected chi connectivity index (χ2v) is 6.13. The van der Waals surface area contributed by atoms with Crippen LogP contribution < -0.4 is 5.32 Å². The smallest absolute Gasteiger partial charge is 0.416 e. The number of ether oxygens (including phenoxy) is 2. The highest BCUT2D eigenvalue weighted by atomic mass is 19.4. The zero-order chi connectivity index (χ0) is 16.5. The first kappa shape index (κ1) is 16.6. The zero-order valence-electron chi connectivity index (χ0n) is 12.6. The van der Waals surface area contributed by atoms with Crippen LogP contribution in [0.2, 0.25) is 0 Å². The van der Waals surface area contributed by atoms with Gasteiger partial charge >= 0.3 is 12.3 Å². The van der Waals surface area contributed by atoms with Gasteiger partial charge in [0.15, 0.2) is 0 Å². The first-order valence-corrected chi connectivity index (χ1v) is 6.83. The fourth-order valence-corrected chi connectivity index (χ4v) is 2.17. The summed E-state index contributed by atoms with van der Waals surface area (Å²) in [5, 5.41) is 2.56. The highest BCUT2D eigenvalue weighted by Crippen LogP contribution is 2.34. The lowest BCUT2D eigenvalue weighted by Crippen LogP contribution is -2.38. The number of halogens is 3. The molecule has 1 aromatic rings. The molecule has 0 bridgehead atoms. The molecular formula is C15H18F3NO3. The molecule has 1 aliphatic heterocycles. The molecule has 0 radical (unpaired) electrons. The number of benzene rings is 1. The van der Waals surface area contributed by atoms with Gasteiger partial charge in [0.05, 0.1) is 24.8 Å². The molecule has 4 nitrogen and oxygen atoms in total. The molecule has 0 spiro atoms. The highest BCUT2D eigenvalue weighted by Gasteiger charge is 2.33. The number of alkyl carbamates (subject to hydrolysis) is 1. The lowest BCUT2D eigenvalue weighted by atomic mass is 9.96. The SMILES string of the molecule is CC(C)(C)OC(=O)NC1COCc2ccc(C(F)(F)F)cc21. The van der Waals surface area contributed by atoms with Crippen LogP contribution in [0.3, 0.4) is 0 Å². The summed E-state index contributed by atoms with van der Waals surface area (Å²) in [6.45, 7) is 5.45. The van der Waals surface area contributed by atoms with Crippen molar-refractivity contribution < 1.29 is 27.4 Å². The average molecular weight is 317 g/mol. The van der Waals surface area contributed by atoms with Crippen LogP contribution in [-0.4, -0.2) is 18.3 Å². The van der Waals surface area contributed by atoms with E-state index in [1.807, 2.05) is 0 Å². The van der Waals surface area contributed by atoms with Crippen molar-refractivity contribution in [2.24, 2.45) is 0 Å². The number of hydrogen-bond donors (Lipinski definition) is 1. The van der Waals surface area contributed by atoms with E-state index < -0.39 is 29.5 Å². The molecule has 22 heavy (non-hydrogen) atoms. The van der Waals surface area contributed by atoms with E-state index in [1.54, 1.807) is 20.8 Å². The number of rotatable bonds is 1. The van der Waals surface area contributed by atoms with E-state index >= 15 is 0 Å². The number of alkyl halides is 3. The number of carbonyl (C=O) groups excluding carboxylic acids is 1. The Morgan fingerprint density at radius 1 is 1.32 bits per heavy atom. The standard InChI is InChI=1S/C15H18F3NO3/c1-14(2,3)22-13(20)19-12-8-21-7-9-4-5-10(6-11(9)12)15(16,17)18/h4-6,12H,7-8H2,1-3H3,(H,19,20). The Morgan fingerprint density at radius 2 is 2.00 bits per heavy atom. The predicted molar refractivity (Wildman–Crippen MR) is 73.2 cm³/mol. The maximum absolute atomic E-state index is 12.8. The van der Waals surface area contributed by atoms with Gasteiger partial charge in [-0.05, 0) is 44.0 Å². The van der Waals surface area contributed by atoms with Gasteiger partial charge in [-0.25, -0.2) is 4.79 Å². The van der Waals surface area contributed by atoms with Crippen LogP contribution in [0.1, 0.15) is 43.5 Å². The second kappa shape index (κ2) is 5.79. The molecule has 0 fully saturated rings. The van der Waals surface area contributed by atoms with Gasteiger partial charge in [0.25, 0.3) is 0 Å². The summed E-state index contributed by atoms with van der Waals surface area (Å²) in [5.41, 5.74) is -0.396. The van der Waals surface area contributed by atoms with Crippen molar-refractivity contribution in [1.82, 2.24) is 5.32 Å². The number of amides is 1. The van der Waals surface area contributed by atoms with Crippen molar-refractivity contribution in [3.8, 4) is 0 Å². The average Bonchev–Trinajstić information content (AvgIpc) is 2.35. The molecule has 2 rings (SSSR count). The third kappa shape index (κ3) is 4.13. The van der Waals surface area contributed by atoms with E-state index in [2.05, 4.69) is 5.32 Å². The minimum Gasteiger partial charge on any atom is -0.444 e. The molecule has 1 unspecified atom stereocenters. The van der Waals surface area contributed by atoms with Gasteiger partial charge in [-0.2, -0.15) is 13.2 Å². The molecule has 1 heterocycles. The monoisotopic (exact) mass is 317 g/mol. The van der Waals surface area contributed by atoms with Gasteiger partial charge in [0.1, 0.15) is 5.60 Å². The van der Waals surface area contributed by atoms with E-state index in [4.69, 9.17) is 9.47 Å². The van der Waals surface area contributed by atoms with Gasteiger partial charge in [-0.3, -0.25) is 0 Å². The number of hydrogen-bond acceptors (Lipinski definition) is 3. The van der Waals surface area contributed by atoms with Crippen LogP contribution in [0.4, 0.5) is 18.0 Å². The second-order valence-electron chi connectivity index (χ2n) is 6.13. The molecule has 1 amide bonds. The van der Waals surface area contributed by atoms with Crippen molar-refractivity contribution in [2.75, 3.05) is 6.61 Å². The largest absolute Gasteiger partial charge is 0.444 e. The summed E-state index contributed by atoms with van der Waals surface area (Å²) in [6.07, 6.45) is -5.12. The molecule has 0 saturated heterocycles. The van der Waals surface area contributed by atoms with Crippen molar-refractivity contribution in [1.29, 1.82) is 0 Å². The van der Waals surface area contributed by atoms with Crippen LogP contribution in [0.25, 0.3) is 0 Å². The van der Waals surface area contributed by atoms with Crippen LogP contribution in [0.5, 0.6) is 0 Å². The first-order chi connectivity index (χ1) is 10.1. The van der Waals surface area contributed by atoms with Gasteiger partial charge in [-0.1, -0.05) is 6.07 Å². The van der Waals surface area contributed by atoms with E-state index in [9.17, 15) is 18.0 Å². The molecule has 0 aliphatic carbocycles. The highest BCUT2D eigenvalue weighted by molar-refractivity contribution is 5.68. The van der Waals surface area contributed by atoms with Gasteiger partial charge in [0, 0.05) is 0 Å². The van der Waals surface area contributed by atoms with Crippen molar-refractivity contribution >= 4 is 6.09 Å². The van der Waals surface area contributed by atoms with Crippen molar-refractivity contribution in [3.05, 3.63) is 34.9 Å². The molecule has 1 N–H and O–H groups in total. The van der Waals surface area contributed by atoms with Crippen LogP contribution in [0, 0.1) is 0 Å². The van der Waals surface area contributed by atoms with E-state index in [0.29, 0.717) is 11.1 Å². The summed E-state index contributed by atoms with van der Waals surface area (Å²) in [7, 11) is 0. The summed E-state index contributed by atoms with van der Waals surface area (Å²) in [4.78, 5) is 11.8.